The predicted molar refractivity (Wildman–Crippen MR) is 74.7 cm³/mol. The molecule has 2 rings (SSSR count). The van der Waals surface area contributed by atoms with Crippen molar-refractivity contribution in [1.29, 1.82) is 0 Å². The second-order valence-electron chi connectivity index (χ2n) is 6.22. The SMILES string of the molecule is CCOC(=O)C(O)(C1CCCCC1)C1CCCCC1. The van der Waals surface area contributed by atoms with Crippen molar-refractivity contribution in [2.75, 3.05) is 6.61 Å². The highest BCUT2D eigenvalue weighted by molar-refractivity contribution is 5.80. The summed E-state index contributed by atoms with van der Waals surface area (Å²) in [6.07, 6.45) is 10.9. The van der Waals surface area contributed by atoms with E-state index in [1.165, 1.54) is 12.8 Å². The minimum atomic E-state index is -1.21. The molecule has 0 amide bonds. The third kappa shape index (κ3) is 3.13. The van der Waals surface area contributed by atoms with Gasteiger partial charge >= 0.3 is 5.97 Å². The second-order valence-corrected chi connectivity index (χ2v) is 6.22. The number of rotatable bonds is 4. The van der Waals surface area contributed by atoms with Crippen molar-refractivity contribution in [3.63, 3.8) is 0 Å². The maximum absolute atomic E-state index is 12.4. The monoisotopic (exact) mass is 268 g/mol. The van der Waals surface area contributed by atoms with Gasteiger partial charge in [0, 0.05) is 0 Å². The van der Waals surface area contributed by atoms with E-state index in [0.717, 1.165) is 51.4 Å². The number of hydrogen-bond acceptors (Lipinski definition) is 3. The molecular weight excluding hydrogens is 240 g/mol. The average Bonchev–Trinajstić information content (AvgIpc) is 2.48. The normalized spacial score (nSPS) is 23.3. The molecule has 0 aromatic heterocycles. The average molecular weight is 268 g/mol. The third-order valence-corrected chi connectivity index (χ3v) is 5.06. The smallest absolute Gasteiger partial charge is 0.338 e. The molecule has 19 heavy (non-hydrogen) atoms. The Morgan fingerprint density at radius 3 is 1.79 bits per heavy atom. The van der Waals surface area contributed by atoms with Gasteiger partial charge in [-0.15, -0.1) is 0 Å². The highest BCUT2D eigenvalue weighted by Crippen LogP contribution is 2.43. The van der Waals surface area contributed by atoms with Gasteiger partial charge in [-0.05, 0) is 44.4 Å². The first-order valence-electron chi connectivity index (χ1n) is 8.09. The Morgan fingerprint density at radius 2 is 1.42 bits per heavy atom. The number of aliphatic hydroxyl groups is 1. The highest BCUT2D eigenvalue weighted by atomic mass is 16.5. The van der Waals surface area contributed by atoms with Crippen molar-refractivity contribution in [2.45, 2.75) is 76.7 Å². The molecule has 0 aliphatic heterocycles. The molecular formula is C16H28O3. The van der Waals surface area contributed by atoms with Crippen LogP contribution in [0.1, 0.15) is 71.1 Å². The van der Waals surface area contributed by atoms with E-state index in [2.05, 4.69) is 0 Å². The van der Waals surface area contributed by atoms with Crippen LogP contribution in [0.15, 0.2) is 0 Å². The molecule has 0 spiro atoms. The van der Waals surface area contributed by atoms with Crippen LogP contribution in [0, 0.1) is 11.8 Å². The fraction of sp³-hybridized carbons (Fsp3) is 0.938. The van der Waals surface area contributed by atoms with Crippen LogP contribution < -0.4 is 0 Å². The van der Waals surface area contributed by atoms with Gasteiger partial charge in [-0.25, -0.2) is 4.79 Å². The van der Waals surface area contributed by atoms with Gasteiger partial charge in [-0.2, -0.15) is 0 Å². The van der Waals surface area contributed by atoms with Gasteiger partial charge in [-0.1, -0.05) is 38.5 Å². The van der Waals surface area contributed by atoms with Crippen LogP contribution in [0.25, 0.3) is 0 Å². The fourth-order valence-electron chi connectivity index (χ4n) is 4.00. The van der Waals surface area contributed by atoms with Crippen LogP contribution in [0.4, 0.5) is 0 Å². The summed E-state index contributed by atoms with van der Waals surface area (Å²) in [5.74, 6) is -0.124. The molecule has 0 bridgehead atoms. The van der Waals surface area contributed by atoms with E-state index >= 15 is 0 Å². The molecule has 0 radical (unpaired) electrons. The standard InChI is InChI=1S/C16H28O3/c1-2-19-15(17)16(18,13-9-5-3-6-10-13)14-11-7-4-8-12-14/h13-14,18H,2-12H2,1H3. The van der Waals surface area contributed by atoms with Crippen molar-refractivity contribution in [3.05, 3.63) is 0 Å². The van der Waals surface area contributed by atoms with Crippen LogP contribution in [0.2, 0.25) is 0 Å². The summed E-state index contributed by atoms with van der Waals surface area (Å²) in [7, 11) is 0. The van der Waals surface area contributed by atoms with Crippen LogP contribution in [0.3, 0.4) is 0 Å². The Bertz CT molecular complexity index is 270. The molecule has 110 valence electrons. The van der Waals surface area contributed by atoms with Gasteiger partial charge in [0.05, 0.1) is 6.61 Å². The molecule has 2 aliphatic rings. The zero-order valence-corrected chi connectivity index (χ0v) is 12.2. The zero-order valence-electron chi connectivity index (χ0n) is 12.2. The van der Waals surface area contributed by atoms with Gasteiger partial charge in [0.2, 0.25) is 0 Å². The van der Waals surface area contributed by atoms with Gasteiger partial charge in [0.1, 0.15) is 0 Å². The van der Waals surface area contributed by atoms with Gasteiger partial charge in [0.25, 0.3) is 0 Å². The van der Waals surface area contributed by atoms with Crippen molar-refractivity contribution in [3.8, 4) is 0 Å². The fourth-order valence-corrected chi connectivity index (χ4v) is 4.00. The largest absolute Gasteiger partial charge is 0.464 e. The highest BCUT2D eigenvalue weighted by Gasteiger charge is 2.51. The van der Waals surface area contributed by atoms with E-state index in [-0.39, 0.29) is 17.8 Å². The molecule has 0 aromatic carbocycles. The Hall–Kier alpha value is -0.570. The third-order valence-electron chi connectivity index (χ3n) is 5.06. The topological polar surface area (TPSA) is 46.5 Å². The summed E-state index contributed by atoms with van der Waals surface area (Å²) in [6, 6.07) is 0. The van der Waals surface area contributed by atoms with Crippen molar-refractivity contribution >= 4 is 5.97 Å². The summed E-state index contributed by atoms with van der Waals surface area (Å²) >= 11 is 0. The van der Waals surface area contributed by atoms with E-state index < -0.39 is 5.60 Å². The number of carbonyl (C=O) groups is 1. The summed E-state index contributed by atoms with van der Waals surface area (Å²) in [5.41, 5.74) is -1.21. The minimum Gasteiger partial charge on any atom is -0.464 e. The van der Waals surface area contributed by atoms with E-state index in [1.807, 2.05) is 6.92 Å². The molecule has 0 aromatic rings. The summed E-state index contributed by atoms with van der Waals surface area (Å²) in [4.78, 5) is 12.4. The minimum absolute atomic E-state index is 0.114. The van der Waals surface area contributed by atoms with Crippen molar-refractivity contribution in [2.24, 2.45) is 11.8 Å². The molecule has 2 fully saturated rings. The molecule has 2 aliphatic carbocycles. The van der Waals surface area contributed by atoms with E-state index in [9.17, 15) is 9.90 Å². The van der Waals surface area contributed by atoms with Crippen molar-refractivity contribution < 1.29 is 14.6 Å². The molecule has 0 unspecified atom stereocenters. The molecule has 1 N–H and O–H groups in total. The lowest BCUT2D eigenvalue weighted by atomic mass is 9.66. The molecule has 0 heterocycles. The van der Waals surface area contributed by atoms with Crippen LogP contribution in [0.5, 0.6) is 0 Å². The van der Waals surface area contributed by atoms with Gasteiger partial charge in [0.15, 0.2) is 5.60 Å². The van der Waals surface area contributed by atoms with Gasteiger partial charge in [-0.3, -0.25) is 0 Å². The molecule has 0 atom stereocenters. The van der Waals surface area contributed by atoms with E-state index in [4.69, 9.17) is 4.74 Å². The summed E-state index contributed by atoms with van der Waals surface area (Å²) in [6.45, 7) is 2.18. The van der Waals surface area contributed by atoms with E-state index in [1.54, 1.807) is 0 Å². The number of carbonyl (C=O) groups excluding carboxylic acids is 1. The molecule has 0 saturated heterocycles. The maximum Gasteiger partial charge on any atom is 0.338 e. The summed E-state index contributed by atoms with van der Waals surface area (Å²) in [5, 5.41) is 11.2. The Morgan fingerprint density at radius 1 is 1.00 bits per heavy atom. The molecule has 3 nitrogen and oxygen atoms in total. The quantitative estimate of drug-likeness (QED) is 0.794. The van der Waals surface area contributed by atoms with Crippen LogP contribution >= 0.6 is 0 Å². The molecule has 2 saturated carbocycles. The lowest BCUT2D eigenvalue weighted by molar-refractivity contribution is -0.184. The predicted octanol–water partition coefficient (Wildman–Crippen LogP) is 3.44. The Balaban J connectivity index is 2.16. The number of ether oxygens (including phenoxy) is 1. The van der Waals surface area contributed by atoms with Crippen LogP contribution in [-0.2, 0) is 9.53 Å². The molecule has 3 heteroatoms. The van der Waals surface area contributed by atoms with Crippen LogP contribution in [-0.4, -0.2) is 23.3 Å². The summed E-state index contributed by atoms with van der Waals surface area (Å²) < 4.78 is 5.22. The zero-order chi connectivity index (χ0) is 13.7. The lowest BCUT2D eigenvalue weighted by Crippen LogP contribution is -2.54. The first-order chi connectivity index (χ1) is 9.19. The number of esters is 1. The maximum atomic E-state index is 12.4. The van der Waals surface area contributed by atoms with E-state index in [0.29, 0.717) is 6.61 Å². The lowest BCUT2D eigenvalue weighted by Gasteiger charge is -2.43. The first-order valence-corrected chi connectivity index (χ1v) is 8.09. The Labute approximate surface area is 116 Å². The number of hydrogen-bond donors (Lipinski definition) is 1. The second kappa shape index (κ2) is 6.74. The first kappa shape index (κ1) is 14.8. The van der Waals surface area contributed by atoms with Gasteiger partial charge < -0.3 is 9.84 Å². The van der Waals surface area contributed by atoms with Crippen molar-refractivity contribution in [1.82, 2.24) is 0 Å². The Kier molecular flexibility index (Phi) is 5.26.